The minimum absolute atomic E-state index is 0.116. The van der Waals surface area contributed by atoms with E-state index < -0.39 is 29.8 Å². The fourth-order valence-corrected chi connectivity index (χ4v) is 4.45. The summed E-state index contributed by atoms with van der Waals surface area (Å²) in [6.45, 7) is 1.57. The number of aromatic nitrogens is 3. The van der Waals surface area contributed by atoms with Gasteiger partial charge in [-0.2, -0.15) is 13.2 Å². The molecule has 2 aromatic heterocycles. The van der Waals surface area contributed by atoms with Crippen LogP contribution in [0.2, 0.25) is 0 Å². The molecule has 1 N–H and O–H groups in total. The molecule has 10 heteroatoms. The summed E-state index contributed by atoms with van der Waals surface area (Å²) < 4.78 is 46.3. The summed E-state index contributed by atoms with van der Waals surface area (Å²) in [6.07, 6.45) is 1.94. The molecule has 0 spiro atoms. The summed E-state index contributed by atoms with van der Waals surface area (Å²) in [4.78, 5) is 33.3. The van der Waals surface area contributed by atoms with E-state index in [1.807, 2.05) is 30.3 Å². The van der Waals surface area contributed by atoms with Crippen molar-refractivity contribution in [3.05, 3.63) is 77.5 Å². The van der Waals surface area contributed by atoms with E-state index in [0.29, 0.717) is 6.42 Å². The van der Waals surface area contributed by atoms with Gasteiger partial charge in [0.2, 0.25) is 5.91 Å². The fourth-order valence-electron chi connectivity index (χ4n) is 4.45. The lowest BCUT2D eigenvalue weighted by molar-refractivity contribution is -0.141. The molecule has 1 aromatic carbocycles. The molecule has 0 aliphatic heterocycles. The van der Waals surface area contributed by atoms with Gasteiger partial charge in [0.15, 0.2) is 5.69 Å². The van der Waals surface area contributed by atoms with Gasteiger partial charge in [0.25, 0.3) is 0 Å². The Bertz CT molecular complexity index is 1190. The molecule has 1 saturated carbocycles. The van der Waals surface area contributed by atoms with E-state index in [1.54, 1.807) is 0 Å². The van der Waals surface area contributed by atoms with Gasteiger partial charge >= 0.3 is 12.1 Å². The van der Waals surface area contributed by atoms with Crippen molar-refractivity contribution in [2.24, 2.45) is 5.92 Å². The largest absolute Gasteiger partial charge is 0.457 e. The summed E-state index contributed by atoms with van der Waals surface area (Å²) in [7, 11) is 0. The number of anilines is 1. The van der Waals surface area contributed by atoms with Gasteiger partial charge < -0.3 is 14.6 Å². The number of benzene rings is 1. The third-order valence-electron chi connectivity index (χ3n) is 6.34. The number of amides is 1. The number of aryl methyl sites for hydroxylation is 1. The Morgan fingerprint density at radius 2 is 1.86 bits per heavy atom. The number of rotatable bonds is 8. The van der Waals surface area contributed by atoms with Crippen LogP contribution in [0, 0.1) is 12.8 Å². The molecule has 2 heterocycles. The zero-order chi connectivity index (χ0) is 25.7. The molecule has 0 radical (unpaired) electrons. The highest BCUT2D eigenvalue weighted by atomic mass is 19.4. The van der Waals surface area contributed by atoms with Crippen LogP contribution in [0.5, 0.6) is 0 Å². The van der Waals surface area contributed by atoms with Crippen LogP contribution in [0.15, 0.2) is 54.9 Å². The maximum absolute atomic E-state index is 13.2. The molecule has 7 nitrogen and oxygen atoms in total. The van der Waals surface area contributed by atoms with E-state index in [2.05, 4.69) is 15.3 Å². The van der Waals surface area contributed by atoms with E-state index in [4.69, 9.17) is 4.74 Å². The van der Waals surface area contributed by atoms with Crippen LogP contribution in [0.4, 0.5) is 19.0 Å². The number of ether oxygens (including phenoxy) is 1. The van der Waals surface area contributed by atoms with Crippen molar-refractivity contribution in [1.29, 1.82) is 0 Å². The van der Waals surface area contributed by atoms with Crippen LogP contribution >= 0.6 is 0 Å². The van der Waals surface area contributed by atoms with Crippen molar-refractivity contribution in [2.45, 2.75) is 57.9 Å². The fraction of sp³-hybridized carbons (Fsp3) is 0.385. The number of imidazole rings is 1. The number of pyridine rings is 1. The van der Waals surface area contributed by atoms with E-state index >= 15 is 0 Å². The molecule has 1 atom stereocenters. The highest BCUT2D eigenvalue weighted by Gasteiger charge is 2.36. The minimum Gasteiger partial charge on any atom is -0.457 e. The normalized spacial score (nSPS) is 15.0. The Labute approximate surface area is 206 Å². The van der Waals surface area contributed by atoms with Crippen LogP contribution in [0.1, 0.15) is 65.6 Å². The van der Waals surface area contributed by atoms with Gasteiger partial charge in [-0.05, 0) is 37.0 Å². The summed E-state index contributed by atoms with van der Waals surface area (Å²) in [5, 5.41) is 2.68. The van der Waals surface area contributed by atoms with Gasteiger partial charge in [0.05, 0.1) is 5.56 Å². The second-order valence-electron chi connectivity index (χ2n) is 8.96. The third kappa shape index (κ3) is 6.30. The van der Waals surface area contributed by atoms with Crippen molar-refractivity contribution < 1.29 is 27.5 Å². The first-order valence-electron chi connectivity index (χ1n) is 11.8. The summed E-state index contributed by atoms with van der Waals surface area (Å²) in [5.74, 6) is -0.499. The van der Waals surface area contributed by atoms with Gasteiger partial charge in [-0.3, -0.25) is 4.79 Å². The van der Waals surface area contributed by atoms with E-state index in [1.165, 1.54) is 29.8 Å². The average Bonchev–Trinajstić information content (AvgIpc) is 3.51. The number of nitrogens with zero attached hydrogens (tertiary/aromatic N) is 3. The van der Waals surface area contributed by atoms with Gasteiger partial charge in [0, 0.05) is 12.4 Å². The lowest BCUT2D eigenvalue weighted by Crippen LogP contribution is -2.28. The molecule has 1 amide bonds. The monoisotopic (exact) mass is 500 g/mol. The zero-order valence-electron chi connectivity index (χ0n) is 19.8. The number of hydrogen-bond donors (Lipinski definition) is 1. The first kappa shape index (κ1) is 25.4. The molecule has 1 fully saturated rings. The van der Waals surface area contributed by atoms with Crippen LogP contribution in [0.25, 0.3) is 0 Å². The SMILES string of the molecule is Cc1nc(C(F)(F)F)cn1[C@@H](CC1CCCC1)C(=O)Nc1ccc(C(=O)OCc2ccccc2)cn1. The van der Waals surface area contributed by atoms with Crippen LogP contribution in [-0.2, 0) is 22.3 Å². The van der Waals surface area contributed by atoms with E-state index in [9.17, 15) is 22.8 Å². The maximum Gasteiger partial charge on any atom is 0.434 e. The van der Waals surface area contributed by atoms with Gasteiger partial charge in [-0.1, -0.05) is 56.0 Å². The number of esters is 1. The molecule has 0 bridgehead atoms. The Hall–Kier alpha value is -3.69. The number of carbonyl (C=O) groups is 2. The topological polar surface area (TPSA) is 86.1 Å². The number of alkyl halides is 3. The summed E-state index contributed by atoms with van der Waals surface area (Å²) in [6, 6.07) is 11.3. The second-order valence-corrected chi connectivity index (χ2v) is 8.96. The Morgan fingerprint density at radius 1 is 1.14 bits per heavy atom. The summed E-state index contributed by atoms with van der Waals surface area (Å²) in [5.41, 5.74) is 0.0342. The first-order chi connectivity index (χ1) is 17.2. The quantitative estimate of drug-likeness (QED) is 0.400. The third-order valence-corrected chi connectivity index (χ3v) is 6.34. The number of nitrogens with one attached hydrogen (secondary N) is 1. The predicted molar refractivity (Wildman–Crippen MR) is 126 cm³/mol. The molecule has 190 valence electrons. The number of hydrogen-bond acceptors (Lipinski definition) is 5. The van der Waals surface area contributed by atoms with Crippen molar-refractivity contribution in [3.63, 3.8) is 0 Å². The van der Waals surface area contributed by atoms with Crippen molar-refractivity contribution in [1.82, 2.24) is 14.5 Å². The molecule has 1 aliphatic carbocycles. The van der Waals surface area contributed by atoms with Crippen LogP contribution < -0.4 is 5.32 Å². The van der Waals surface area contributed by atoms with Crippen molar-refractivity contribution >= 4 is 17.7 Å². The molecule has 1 aliphatic rings. The van der Waals surface area contributed by atoms with Gasteiger partial charge in [-0.25, -0.2) is 14.8 Å². The smallest absolute Gasteiger partial charge is 0.434 e. The maximum atomic E-state index is 13.2. The molecule has 4 rings (SSSR count). The molecular weight excluding hydrogens is 473 g/mol. The Morgan fingerprint density at radius 3 is 2.47 bits per heavy atom. The lowest BCUT2D eigenvalue weighted by Gasteiger charge is -2.22. The summed E-state index contributed by atoms with van der Waals surface area (Å²) >= 11 is 0. The highest BCUT2D eigenvalue weighted by Crippen LogP contribution is 2.35. The standard InChI is InChI=1S/C26H27F3N4O3/c1-17-31-22(26(27,28)29)15-33(17)21(13-18-7-5-6-8-18)24(34)32-23-12-11-20(14-30-23)25(35)36-16-19-9-3-2-4-10-19/h2-4,9-12,14-15,18,21H,5-8,13,16H2,1H3,(H,30,32,34)/t21-/m0/s1. The molecule has 0 unspecified atom stereocenters. The molecule has 0 saturated heterocycles. The molecule has 36 heavy (non-hydrogen) atoms. The average molecular weight is 501 g/mol. The second kappa shape index (κ2) is 10.9. The van der Waals surface area contributed by atoms with Crippen molar-refractivity contribution in [3.8, 4) is 0 Å². The number of halogens is 3. The van der Waals surface area contributed by atoms with E-state index in [-0.39, 0.29) is 29.7 Å². The van der Waals surface area contributed by atoms with Crippen molar-refractivity contribution in [2.75, 3.05) is 5.32 Å². The predicted octanol–water partition coefficient (Wildman–Crippen LogP) is 5.72. The minimum atomic E-state index is -4.60. The molecular formula is C26H27F3N4O3. The lowest BCUT2D eigenvalue weighted by atomic mass is 9.97. The molecule has 3 aromatic rings. The zero-order valence-corrected chi connectivity index (χ0v) is 19.8. The Balaban J connectivity index is 1.45. The van der Waals surface area contributed by atoms with E-state index in [0.717, 1.165) is 37.4 Å². The number of carbonyl (C=O) groups excluding carboxylic acids is 2. The highest BCUT2D eigenvalue weighted by molar-refractivity contribution is 5.94. The Kier molecular flexibility index (Phi) is 7.71. The van der Waals surface area contributed by atoms with Gasteiger partial charge in [0.1, 0.15) is 24.3 Å². The van der Waals surface area contributed by atoms with Crippen LogP contribution in [-0.4, -0.2) is 26.4 Å². The first-order valence-corrected chi connectivity index (χ1v) is 11.8. The van der Waals surface area contributed by atoms with Gasteiger partial charge in [-0.15, -0.1) is 0 Å². The van der Waals surface area contributed by atoms with Crippen LogP contribution in [0.3, 0.4) is 0 Å².